The first kappa shape index (κ1) is 11.8. The predicted molar refractivity (Wildman–Crippen MR) is 76.6 cm³/mol. The fourth-order valence-electron chi connectivity index (χ4n) is 2.22. The molecule has 1 nitrogen and oxygen atoms in total. The molecule has 94 valence electrons. The molecule has 1 heterocycles. The summed E-state index contributed by atoms with van der Waals surface area (Å²) >= 11 is 0. The van der Waals surface area contributed by atoms with Crippen LogP contribution in [0.5, 0.6) is 0 Å². The number of hydrogen-bond acceptors (Lipinski definition) is 1. The fraction of sp³-hybridized carbons (Fsp3) is 0.118. The Balaban J connectivity index is 2.19. The quantitative estimate of drug-likeness (QED) is 0.613. The van der Waals surface area contributed by atoms with E-state index in [4.69, 9.17) is 0 Å². The molecule has 2 heteroatoms. The second-order valence-electron chi connectivity index (χ2n) is 4.86. The Bertz CT molecular complexity index is 762. The van der Waals surface area contributed by atoms with Gasteiger partial charge in [0.2, 0.25) is 0 Å². The lowest BCUT2D eigenvalue weighted by atomic mass is 10.1. The lowest BCUT2D eigenvalue weighted by Crippen LogP contribution is -1.89. The summed E-state index contributed by atoms with van der Waals surface area (Å²) in [4.78, 5) is 4.55. The van der Waals surface area contributed by atoms with Gasteiger partial charge in [0.1, 0.15) is 5.82 Å². The molecule has 0 aliphatic rings. The maximum atomic E-state index is 13.6. The number of nitrogens with zero attached hydrogens (tertiary/aromatic N) is 1. The lowest BCUT2D eigenvalue weighted by molar-refractivity contribution is 0.620. The Kier molecular flexibility index (Phi) is 2.79. The first-order valence-electron chi connectivity index (χ1n) is 6.27. The summed E-state index contributed by atoms with van der Waals surface area (Å²) in [6, 6.07) is 15.5. The van der Waals surface area contributed by atoms with Crippen LogP contribution in [0, 0.1) is 19.7 Å². The van der Waals surface area contributed by atoms with Crippen LogP contribution in [0.25, 0.3) is 22.2 Å². The van der Waals surface area contributed by atoms with E-state index in [0.29, 0.717) is 11.1 Å². The molecule has 0 atom stereocenters. The topological polar surface area (TPSA) is 12.9 Å². The SMILES string of the molecule is Cc1cccc(-c2ccc3cc(C)c(F)cc3n2)c1. The third-order valence-electron chi connectivity index (χ3n) is 3.28. The first-order valence-corrected chi connectivity index (χ1v) is 6.27. The third kappa shape index (κ3) is 2.22. The molecule has 0 N–H and O–H groups in total. The molecular formula is C17H14FN. The minimum atomic E-state index is -0.207. The lowest BCUT2D eigenvalue weighted by Gasteiger charge is -2.05. The van der Waals surface area contributed by atoms with E-state index in [1.807, 2.05) is 43.3 Å². The molecule has 1 aromatic heterocycles. The van der Waals surface area contributed by atoms with Gasteiger partial charge in [0.05, 0.1) is 11.2 Å². The van der Waals surface area contributed by atoms with Crippen LogP contribution in [0.15, 0.2) is 48.5 Å². The molecule has 3 rings (SSSR count). The Morgan fingerprint density at radius 1 is 0.947 bits per heavy atom. The van der Waals surface area contributed by atoms with Gasteiger partial charge < -0.3 is 0 Å². The second-order valence-corrected chi connectivity index (χ2v) is 4.86. The highest BCUT2D eigenvalue weighted by Gasteiger charge is 2.05. The molecule has 0 saturated heterocycles. The molecule has 0 radical (unpaired) electrons. The van der Waals surface area contributed by atoms with E-state index in [1.165, 1.54) is 11.6 Å². The Labute approximate surface area is 111 Å². The van der Waals surface area contributed by atoms with E-state index < -0.39 is 0 Å². The van der Waals surface area contributed by atoms with Crippen molar-refractivity contribution in [3.05, 3.63) is 65.5 Å². The van der Waals surface area contributed by atoms with Gasteiger partial charge in [-0.2, -0.15) is 0 Å². The number of halogens is 1. The molecule has 0 aliphatic carbocycles. The van der Waals surface area contributed by atoms with Crippen molar-refractivity contribution < 1.29 is 4.39 Å². The van der Waals surface area contributed by atoms with Gasteiger partial charge in [-0.15, -0.1) is 0 Å². The summed E-state index contributed by atoms with van der Waals surface area (Å²) in [5.41, 5.74) is 4.47. The molecule has 0 saturated carbocycles. The fourth-order valence-corrected chi connectivity index (χ4v) is 2.22. The van der Waals surface area contributed by atoms with Gasteiger partial charge >= 0.3 is 0 Å². The molecule has 2 aromatic carbocycles. The smallest absolute Gasteiger partial charge is 0.128 e. The maximum Gasteiger partial charge on any atom is 0.128 e. The van der Waals surface area contributed by atoms with Gasteiger partial charge in [-0.3, -0.25) is 0 Å². The van der Waals surface area contributed by atoms with Crippen LogP contribution in [-0.2, 0) is 0 Å². The summed E-state index contributed by atoms with van der Waals surface area (Å²) in [7, 11) is 0. The molecule has 19 heavy (non-hydrogen) atoms. The Hall–Kier alpha value is -2.22. The number of pyridine rings is 1. The summed E-state index contributed by atoms with van der Waals surface area (Å²) in [6.45, 7) is 3.82. The molecule has 0 bridgehead atoms. The molecule has 3 aromatic rings. The third-order valence-corrected chi connectivity index (χ3v) is 3.28. The number of aryl methyl sites for hydroxylation is 2. The van der Waals surface area contributed by atoms with E-state index in [1.54, 1.807) is 6.92 Å². The number of rotatable bonds is 1. The zero-order chi connectivity index (χ0) is 13.4. The van der Waals surface area contributed by atoms with Crippen molar-refractivity contribution in [2.75, 3.05) is 0 Å². The van der Waals surface area contributed by atoms with Crippen molar-refractivity contribution in [2.45, 2.75) is 13.8 Å². The standard InChI is InChI=1S/C17H14FN/c1-11-4-3-5-13(8-11)16-7-6-14-9-12(2)15(18)10-17(14)19-16/h3-10H,1-2H3. The zero-order valence-electron chi connectivity index (χ0n) is 10.9. The Morgan fingerprint density at radius 3 is 2.58 bits per heavy atom. The molecule has 0 amide bonds. The van der Waals surface area contributed by atoms with Crippen LogP contribution in [0.4, 0.5) is 4.39 Å². The summed E-state index contributed by atoms with van der Waals surface area (Å²) in [6.07, 6.45) is 0. The molecule has 0 fully saturated rings. The maximum absolute atomic E-state index is 13.6. The van der Waals surface area contributed by atoms with Gasteiger partial charge in [-0.25, -0.2) is 9.37 Å². The van der Waals surface area contributed by atoms with Crippen molar-refractivity contribution in [3.63, 3.8) is 0 Å². The van der Waals surface area contributed by atoms with E-state index in [2.05, 4.69) is 11.1 Å². The Morgan fingerprint density at radius 2 is 1.79 bits per heavy atom. The van der Waals surface area contributed by atoms with Gasteiger partial charge in [0.25, 0.3) is 0 Å². The minimum Gasteiger partial charge on any atom is -0.248 e. The number of hydrogen-bond donors (Lipinski definition) is 0. The number of benzene rings is 2. The van der Waals surface area contributed by atoms with Gasteiger partial charge in [0, 0.05) is 17.0 Å². The highest BCUT2D eigenvalue weighted by molar-refractivity contribution is 5.82. The highest BCUT2D eigenvalue weighted by Crippen LogP contribution is 2.23. The van der Waals surface area contributed by atoms with Crippen LogP contribution < -0.4 is 0 Å². The van der Waals surface area contributed by atoms with E-state index in [9.17, 15) is 4.39 Å². The van der Waals surface area contributed by atoms with Crippen molar-refractivity contribution in [2.24, 2.45) is 0 Å². The summed E-state index contributed by atoms with van der Waals surface area (Å²) in [5.74, 6) is -0.207. The van der Waals surface area contributed by atoms with Gasteiger partial charge in [0.15, 0.2) is 0 Å². The van der Waals surface area contributed by atoms with Crippen LogP contribution in [0.2, 0.25) is 0 Å². The first-order chi connectivity index (χ1) is 9.13. The van der Waals surface area contributed by atoms with Crippen LogP contribution in [0.1, 0.15) is 11.1 Å². The minimum absolute atomic E-state index is 0.207. The molecular weight excluding hydrogens is 237 g/mol. The predicted octanol–water partition coefficient (Wildman–Crippen LogP) is 4.66. The van der Waals surface area contributed by atoms with Crippen molar-refractivity contribution in [1.29, 1.82) is 0 Å². The van der Waals surface area contributed by atoms with Crippen LogP contribution in [0.3, 0.4) is 0 Å². The van der Waals surface area contributed by atoms with E-state index >= 15 is 0 Å². The van der Waals surface area contributed by atoms with Gasteiger partial charge in [-0.1, -0.05) is 29.8 Å². The molecule has 0 unspecified atom stereocenters. The average molecular weight is 251 g/mol. The number of aromatic nitrogens is 1. The molecule has 0 spiro atoms. The van der Waals surface area contributed by atoms with E-state index in [0.717, 1.165) is 16.6 Å². The average Bonchev–Trinajstić information content (AvgIpc) is 2.39. The van der Waals surface area contributed by atoms with Crippen molar-refractivity contribution in [1.82, 2.24) is 4.98 Å². The second kappa shape index (κ2) is 4.47. The zero-order valence-corrected chi connectivity index (χ0v) is 10.9. The summed E-state index contributed by atoms with van der Waals surface area (Å²) < 4.78 is 13.6. The largest absolute Gasteiger partial charge is 0.248 e. The van der Waals surface area contributed by atoms with Crippen LogP contribution >= 0.6 is 0 Å². The normalized spacial score (nSPS) is 10.9. The van der Waals surface area contributed by atoms with Crippen molar-refractivity contribution >= 4 is 10.9 Å². The number of fused-ring (bicyclic) bond motifs is 1. The van der Waals surface area contributed by atoms with Crippen LogP contribution in [-0.4, -0.2) is 4.98 Å². The van der Waals surface area contributed by atoms with Crippen molar-refractivity contribution in [3.8, 4) is 11.3 Å². The molecule has 0 aliphatic heterocycles. The highest BCUT2D eigenvalue weighted by atomic mass is 19.1. The van der Waals surface area contributed by atoms with E-state index in [-0.39, 0.29) is 5.82 Å². The summed E-state index contributed by atoms with van der Waals surface area (Å²) in [5, 5.41) is 0.968. The van der Waals surface area contributed by atoms with Gasteiger partial charge in [-0.05, 0) is 37.6 Å². The monoisotopic (exact) mass is 251 g/mol.